The number of amides is 1. The lowest BCUT2D eigenvalue weighted by Crippen LogP contribution is -2.42. The fourth-order valence-electron chi connectivity index (χ4n) is 2.69. The van der Waals surface area contributed by atoms with E-state index in [9.17, 15) is 4.79 Å². The zero-order valence-corrected chi connectivity index (χ0v) is 13.4. The highest BCUT2D eigenvalue weighted by Gasteiger charge is 2.21. The lowest BCUT2D eigenvalue weighted by Gasteiger charge is -2.15. The minimum absolute atomic E-state index is 0.184. The highest BCUT2D eigenvalue weighted by atomic mass is 16.5. The second kappa shape index (κ2) is 6.57. The minimum Gasteiger partial charge on any atom is -0.457 e. The highest BCUT2D eigenvalue weighted by molar-refractivity contribution is 5.95. The van der Waals surface area contributed by atoms with Crippen LogP contribution in [0.25, 0.3) is 0 Å². The number of carbonyl (C=O) groups excluding carboxylic acids is 1. The van der Waals surface area contributed by atoms with Gasteiger partial charge in [0.15, 0.2) is 6.29 Å². The molecule has 5 heteroatoms. The molecule has 5 nitrogen and oxygen atoms in total. The molecule has 4 rings (SSSR count). The maximum Gasteiger partial charge on any atom is 0.254 e. The molecule has 0 fully saturated rings. The number of hydrogen-bond acceptors (Lipinski definition) is 4. The van der Waals surface area contributed by atoms with E-state index in [0.29, 0.717) is 11.3 Å². The summed E-state index contributed by atoms with van der Waals surface area (Å²) in [5, 5.41) is 9.35. The number of anilines is 2. The van der Waals surface area contributed by atoms with Crippen LogP contribution in [0.15, 0.2) is 78.9 Å². The van der Waals surface area contributed by atoms with E-state index in [1.165, 1.54) is 0 Å². The zero-order valence-electron chi connectivity index (χ0n) is 13.4. The van der Waals surface area contributed by atoms with Crippen molar-refractivity contribution in [2.45, 2.75) is 6.29 Å². The van der Waals surface area contributed by atoms with E-state index in [1.54, 1.807) is 18.2 Å². The smallest absolute Gasteiger partial charge is 0.254 e. The van der Waals surface area contributed by atoms with Crippen molar-refractivity contribution in [1.82, 2.24) is 5.32 Å². The van der Waals surface area contributed by atoms with Crippen LogP contribution in [0.4, 0.5) is 11.4 Å². The molecule has 3 aromatic rings. The second-order valence-electron chi connectivity index (χ2n) is 5.68. The van der Waals surface area contributed by atoms with Crippen LogP contribution in [0.3, 0.4) is 0 Å². The van der Waals surface area contributed by atoms with Crippen LogP contribution in [-0.4, -0.2) is 12.2 Å². The van der Waals surface area contributed by atoms with Gasteiger partial charge in [-0.05, 0) is 42.5 Å². The third-order valence-corrected chi connectivity index (χ3v) is 3.88. The van der Waals surface area contributed by atoms with Gasteiger partial charge in [-0.3, -0.25) is 4.79 Å². The monoisotopic (exact) mass is 331 g/mol. The Bertz CT molecular complexity index is 871. The molecule has 0 saturated carbocycles. The molecule has 0 bridgehead atoms. The van der Waals surface area contributed by atoms with Gasteiger partial charge in [0.25, 0.3) is 5.91 Å². The third-order valence-electron chi connectivity index (χ3n) is 3.88. The Labute approximate surface area is 145 Å². The summed E-state index contributed by atoms with van der Waals surface area (Å²) >= 11 is 0. The van der Waals surface area contributed by atoms with E-state index >= 15 is 0 Å². The number of hydrogen-bond donors (Lipinski definition) is 3. The summed E-state index contributed by atoms with van der Waals surface area (Å²) < 4.78 is 5.78. The van der Waals surface area contributed by atoms with Crippen molar-refractivity contribution < 1.29 is 9.53 Å². The number of para-hydroxylation sites is 3. The van der Waals surface area contributed by atoms with Gasteiger partial charge in [-0.25, -0.2) is 0 Å². The van der Waals surface area contributed by atoms with Gasteiger partial charge in [0.1, 0.15) is 11.5 Å². The number of nitrogens with one attached hydrogen (secondary N) is 3. The van der Waals surface area contributed by atoms with Crippen LogP contribution in [-0.2, 0) is 0 Å². The molecule has 0 aromatic heterocycles. The Morgan fingerprint density at radius 2 is 1.44 bits per heavy atom. The molecule has 3 N–H and O–H groups in total. The fraction of sp³-hybridized carbons (Fsp3) is 0.0500. The average molecular weight is 331 g/mol. The molecule has 0 saturated heterocycles. The first kappa shape index (κ1) is 15.1. The largest absolute Gasteiger partial charge is 0.457 e. The number of benzene rings is 3. The Kier molecular flexibility index (Phi) is 3.96. The van der Waals surface area contributed by atoms with E-state index in [2.05, 4.69) is 16.0 Å². The van der Waals surface area contributed by atoms with Gasteiger partial charge < -0.3 is 20.7 Å². The van der Waals surface area contributed by atoms with Gasteiger partial charge in [0, 0.05) is 5.56 Å². The number of ether oxygens (including phenoxy) is 1. The second-order valence-corrected chi connectivity index (χ2v) is 5.68. The van der Waals surface area contributed by atoms with Crippen molar-refractivity contribution in [3.8, 4) is 11.5 Å². The molecule has 3 aromatic carbocycles. The van der Waals surface area contributed by atoms with Crippen LogP contribution < -0.4 is 20.7 Å². The van der Waals surface area contributed by atoms with Crippen LogP contribution in [0.2, 0.25) is 0 Å². The van der Waals surface area contributed by atoms with Gasteiger partial charge in [-0.15, -0.1) is 0 Å². The molecule has 25 heavy (non-hydrogen) atoms. The highest BCUT2D eigenvalue weighted by Crippen LogP contribution is 2.27. The molecule has 0 aliphatic carbocycles. The first-order valence-electron chi connectivity index (χ1n) is 8.04. The van der Waals surface area contributed by atoms with Crippen molar-refractivity contribution in [3.63, 3.8) is 0 Å². The topological polar surface area (TPSA) is 62.4 Å². The molecule has 1 aliphatic rings. The van der Waals surface area contributed by atoms with Gasteiger partial charge in [-0.2, -0.15) is 0 Å². The molecule has 1 heterocycles. The van der Waals surface area contributed by atoms with E-state index in [1.807, 2.05) is 60.7 Å². The molecule has 0 atom stereocenters. The van der Waals surface area contributed by atoms with E-state index in [-0.39, 0.29) is 12.2 Å². The van der Waals surface area contributed by atoms with Gasteiger partial charge >= 0.3 is 0 Å². The Morgan fingerprint density at radius 1 is 0.800 bits per heavy atom. The van der Waals surface area contributed by atoms with Crippen LogP contribution in [0, 0.1) is 0 Å². The number of fused-ring (bicyclic) bond motifs is 1. The molecule has 0 unspecified atom stereocenters. The molecule has 0 spiro atoms. The summed E-state index contributed by atoms with van der Waals surface area (Å²) in [6, 6.07) is 24.4. The first-order chi connectivity index (χ1) is 12.3. The average Bonchev–Trinajstić information content (AvgIpc) is 3.05. The molecular formula is C20H17N3O2. The Morgan fingerprint density at radius 3 is 2.16 bits per heavy atom. The standard InChI is InChI=1S/C20H17N3O2/c24-19(23-20-21-17-11-4-5-12-18(17)22-20)14-7-6-10-16(13-14)25-15-8-2-1-3-9-15/h1-13,20-22H,(H,23,24). The van der Waals surface area contributed by atoms with Gasteiger partial charge in [-0.1, -0.05) is 36.4 Å². The molecule has 1 aliphatic heterocycles. The maximum atomic E-state index is 12.5. The van der Waals surface area contributed by atoms with Crippen molar-refractivity contribution in [2.75, 3.05) is 10.6 Å². The van der Waals surface area contributed by atoms with E-state index in [0.717, 1.165) is 17.1 Å². The van der Waals surface area contributed by atoms with Gasteiger partial charge in [0.05, 0.1) is 11.4 Å². The van der Waals surface area contributed by atoms with Crippen molar-refractivity contribution >= 4 is 17.3 Å². The minimum atomic E-state index is -0.344. The molecule has 0 radical (unpaired) electrons. The van der Waals surface area contributed by atoms with Crippen molar-refractivity contribution in [3.05, 3.63) is 84.4 Å². The summed E-state index contributed by atoms with van der Waals surface area (Å²) in [5.41, 5.74) is 2.47. The summed E-state index contributed by atoms with van der Waals surface area (Å²) in [5.74, 6) is 1.17. The molecule has 124 valence electrons. The van der Waals surface area contributed by atoms with E-state index < -0.39 is 0 Å². The summed E-state index contributed by atoms with van der Waals surface area (Å²) in [6.45, 7) is 0. The summed E-state index contributed by atoms with van der Waals surface area (Å²) in [7, 11) is 0. The SMILES string of the molecule is O=C(NC1Nc2ccccc2N1)c1cccc(Oc2ccccc2)c1. The predicted molar refractivity (Wildman–Crippen MR) is 97.9 cm³/mol. The van der Waals surface area contributed by atoms with Crippen molar-refractivity contribution in [2.24, 2.45) is 0 Å². The van der Waals surface area contributed by atoms with Crippen LogP contribution >= 0.6 is 0 Å². The quantitative estimate of drug-likeness (QED) is 0.675. The predicted octanol–water partition coefficient (Wildman–Crippen LogP) is 4.03. The summed E-state index contributed by atoms with van der Waals surface area (Å²) in [4.78, 5) is 12.5. The maximum absolute atomic E-state index is 12.5. The zero-order chi connectivity index (χ0) is 17.1. The third kappa shape index (κ3) is 3.40. The van der Waals surface area contributed by atoms with Crippen LogP contribution in [0.5, 0.6) is 11.5 Å². The Balaban J connectivity index is 1.43. The normalized spacial score (nSPS) is 12.6. The fourth-order valence-corrected chi connectivity index (χ4v) is 2.69. The van der Waals surface area contributed by atoms with Crippen LogP contribution in [0.1, 0.15) is 10.4 Å². The summed E-state index contributed by atoms with van der Waals surface area (Å²) in [6.07, 6.45) is -0.344. The lowest BCUT2D eigenvalue weighted by atomic mass is 10.2. The molecular weight excluding hydrogens is 314 g/mol. The number of carbonyl (C=O) groups is 1. The lowest BCUT2D eigenvalue weighted by molar-refractivity contribution is 0.0946. The molecule has 1 amide bonds. The Hall–Kier alpha value is -3.47. The van der Waals surface area contributed by atoms with E-state index in [4.69, 9.17) is 4.74 Å². The van der Waals surface area contributed by atoms with Crippen molar-refractivity contribution in [1.29, 1.82) is 0 Å². The number of rotatable bonds is 4. The first-order valence-corrected chi connectivity index (χ1v) is 8.04. The van der Waals surface area contributed by atoms with Gasteiger partial charge in [0.2, 0.25) is 0 Å².